The van der Waals surface area contributed by atoms with E-state index >= 15 is 0 Å². The van der Waals surface area contributed by atoms with Crippen molar-refractivity contribution in [2.75, 3.05) is 6.54 Å². The first-order valence-electron chi connectivity index (χ1n) is 6.03. The molecule has 1 heterocycles. The van der Waals surface area contributed by atoms with Crippen LogP contribution in [0.1, 0.15) is 43.7 Å². The Kier molecular flexibility index (Phi) is 3.73. The molecule has 1 saturated carbocycles. The van der Waals surface area contributed by atoms with Gasteiger partial charge in [0.15, 0.2) is 0 Å². The van der Waals surface area contributed by atoms with Crippen molar-refractivity contribution in [3.05, 3.63) is 30.1 Å². The molecule has 1 aromatic rings. The van der Waals surface area contributed by atoms with Crippen molar-refractivity contribution in [3.8, 4) is 0 Å². The normalized spacial score (nSPS) is 26.5. The molecule has 0 aromatic carbocycles. The molecule has 2 N–H and O–H groups in total. The smallest absolute Gasteiger partial charge is 0.0437 e. The van der Waals surface area contributed by atoms with Crippen LogP contribution in [0, 0.1) is 5.92 Å². The third-order valence-electron chi connectivity index (χ3n) is 3.51. The van der Waals surface area contributed by atoms with E-state index in [-0.39, 0.29) is 0 Å². The fourth-order valence-electron chi connectivity index (χ4n) is 2.75. The monoisotopic (exact) mass is 204 g/mol. The van der Waals surface area contributed by atoms with Crippen LogP contribution in [0.25, 0.3) is 0 Å². The van der Waals surface area contributed by atoms with Gasteiger partial charge in [-0.25, -0.2) is 0 Å². The average Bonchev–Trinajstić information content (AvgIpc) is 2.31. The molecule has 15 heavy (non-hydrogen) atoms. The Balaban J connectivity index is 2.11. The summed E-state index contributed by atoms with van der Waals surface area (Å²) < 4.78 is 0. The highest BCUT2D eigenvalue weighted by atomic mass is 14.7. The molecular weight excluding hydrogens is 184 g/mol. The van der Waals surface area contributed by atoms with Crippen LogP contribution in [0.2, 0.25) is 0 Å². The van der Waals surface area contributed by atoms with E-state index < -0.39 is 0 Å². The Morgan fingerprint density at radius 3 is 2.87 bits per heavy atom. The van der Waals surface area contributed by atoms with Crippen LogP contribution in [-0.2, 0) is 0 Å². The molecule has 0 amide bonds. The number of aromatic nitrogens is 1. The van der Waals surface area contributed by atoms with Gasteiger partial charge in [-0.2, -0.15) is 0 Å². The molecule has 1 fully saturated rings. The predicted octanol–water partition coefficient (Wildman–Crippen LogP) is 2.70. The highest BCUT2D eigenvalue weighted by Gasteiger charge is 2.26. The fourth-order valence-corrected chi connectivity index (χ4v) is 2.75. The van der Waals surface area contributed by atoms with Gasteiger partial charge in [-0.15, -0.1) is 0 Å². The zero-order valence-corrected chi connectivity index (χ0v) is 9.23. The first kappa shape index (κ1) is 10.6. The molecule has 2 atom stereocenters. The summed E-state index contributed by atoms with van der Waals surface area (Å²) in [7, 11) is 0. The van der Waals surface area contributed by atoms with Gasteiger partial charge in [0, 0.05) is 17.8 Å². The zero-order chi connectivity index (χ0) is 10.5. The summed E-state index contributed by atoms with van der Waals surface area (Å²) in [6.45, 7) is 0.813. The van der Waals surface area contributed by atoms with Crippen LogP contribution in [0.3, 0.4) is 0 Å². The summed E-state index contributed by atoms with van der Waals surface area (Å²) >= 11 is 0. The summed E-state index contributed by atoms with van der Waals surface area (Å²) in [6, 6.07) is 6.25. The largest absolute Gasteiger partial charge is 0.330 e. The molecule has 0 aliphatic heterocycles. The number of hydrogen-bond donors (Lipinski definition) is 1. The molecular formula is C13H20N2. The molecule has 0 spiro atoms. The van der Waals surface area contributed by atoms with E-state index in [2.05, 4.69) is 17.1 Å². The third kappa shape index (κ3) is 2.57. The first-order valence-corrected chi connectivity index (χ1v) is 6.03. The summed E-state index contributed by atoms with van der Waals surface area (Å²) in [5.41, 5.74) is 6.95. The van der Waals surface area contributed by atoms with Crippen LogP contribution < -0.4 is 5.73 Å². The summed E-state index contributed by atoms with van der Waals surface area (Å²) in [5.74, 6) is 1.42. The van der Waals surface area contributed by atoms with Crippen molar-refractivity contribution in [2.45, 2.75) is 38.0 Å². The van der Waals surface area contributed by atoms with Crippen LogP contribution in [0.15, 0.2) is 24.4 Å². The lowest BCUT2D eigenvalue weighted by Gasteiger charge is -2.30. The number of nitrogens with two attached hydrogens (primary N) is 1. The van der Waals surface area contributed by atoms with E-state index in [1.54, 1.807) is 0 Å². The van der Waals surface area contributed by atoms with Crippen molar-refractivity contribution in [1.82, 2.24) is 4.98 Å². The highest BCUT2D eigenvalue weighted by molar-refractivity contribution is 5.11. The second-order valence-electron chi connectivity index (χ2n) is 4.48. The molecule has 2 heteroatoms. The Labute approximate surface area is 91.9 Å². The van der Waals surface area contributed by atoms with Crippen molar-refractivity contribution in [2.24, 2.45) is 11.7 Å². The summed E-state index contributed by atoms with van der Waals surface area (Å²) in [4.78, 5) is 4.49. The van der Waals surface area contributed by atoms with Crippen molar-refractivity contribution < 1.29 is 0 Å². The van der Waals surface area contributed by atoms with E-state index in [0.717, 1.165) is 18.9 Å². The van der Waals surface area contributed by atoms with Gasteiger partial charge in [0.1, 0.15) is 0 Å². The van der Waals surface area contributed by atoms with Crippen LogP contribution in [0.4, 0.5) is 0 Å². The zero-order valence-electron chi connectivity index (χ0n) is 9.23. The van der Waals surface area contributed by atoms with Crippen LogP contribution >= 0.6 is 0 Å². The Bertz CT molecular complexity index is 282. The van der Waals surface area contributed by atoms with E-state index in [4.69, 9.17) is 5.73 Å². The molecule has 2 unspecified atom stereocenters. The average molecular weight is 204 g/mol. The second-order valence-corrected chi connectivity index (χ2v) is 4.48. The van der Waals surface area contributed by atoms with Crippen LogP contribution in [-0.4, -0.2) is 11.5 Å². The molecule has 0 saturated heterocycles. The molecule has 2 nitrogen and oxygen atoms in total. The third-order valence-corrected chi connectivity index (χ3v) is 3.51. The van der Waals surface area contributed by atoms with Crippen molar-refractivity contribution in [1.29, 1.82) is 0 Å². The Morgan fingerprint density at radius 2 is 2.13 bits per heavy atom. The van der Waals surface area contributed by atoms with Crippen molar-refractivity contribution >= 4 is 0 Å². The van der Waals surface area contributed by atoms with Gasteiger partial charge >= 0.3 is 0 Å². The number of nitrogens with zero attached hydrogens (tertiary/aromatic N) is 1. The molecule has 1 aliphatic carbocycles. The van der Waals surface area contributed by atoms with Gasteiger partial charge in [0.05, 0.1) is 0 Å². The maximum absolute atomic E-state index is 5.68. The van der Waals surface area contributed by atoms with Crippen LogP contribution in [0.5, 0.6) is 0 Å². The van der Waals surface area contributed by atoms with E-state index in [1.165, 1.54) is 31.4 Å². The van der Waals surface area contributed by atoms with Gasteiger partial charge in [-0.1, -0.05) is 18.9 Å². The number of hydrogen-bond acceptors (Lipinski definition) is 2. The lowest BCUT2D eigenvalue weighted by atomic mass is 9.76. The maximum Gasteiger partial charge on any atom is 0.0437 e. The quantitative estimate of drug-likeness (QED) is 0.822. The molecule has 1 aromatic heterocycles. The SMILES string of the molecule is NCCC1CCCCC1c1ccccn1. The lowest BCUT2D eigenvalue weighted by molar-refractivity contribution is 0.289. The topological polar surface area (TPSA) is 38.9 Å². The number of rotatable bonds is 3. The minimum absolute atomic E-state index is 0.656. The van der Waals surface area contributed by atoms with E-state index in [0.29, 0.717) is 5.92 Å². The predicted molar refractivity (Wildman–Crippen MR) is 62.6 cm³/mol. The standard InChI is InChI=1S/C13H20N2/c14-9-8-11-5-1-2-6-12(11)13-7-3-4-10-15-13/h3-4,7,10-12H,1-2,5-6,8-9,14H2. The Hall–Kier alpha value is -0.890. The van der Waals surface area contributed by atoms with E-state index in [9.17, 15) is 0 Å². The maximum atomic E-state index is 5.68. The van der Waals surface area contributed by atoms with E-state index in [1.807, 2.05) is 12.3 Å². The molecule has 0 radical (unpaired) electrons. The van der Waals surface area contributed by atoms with Gasteiger partial charge in [0.25, 0.3) is 0 Å². The first-order chi connectivity index (χ1) is 7.42. The minimum Gasteiger partial charge on any atom is -0.330 e. The Morgan fingerprint density at radius 1 is 1.27 bits per heavy atom. The van der Waals surface area contributed by atoms with Crippen molar-refractivity contribution in [3.63, 3.8) is 0 Å². The fraction of sp³-hybridized carbons (Fsp3) is 0.615. The van der Waals surface area contributed by atoms with Gasteiger partial charge in [-0.05, 0) is 43.9 Å². The minimum atomic E-state index is 0.656. The van der Waals surface area contributed by atoms with Gasteiger partial charge in [-0.3, -0.25) is 4.98 Å². The second kappa shape index (κ2) is 5.26. The summed E-state index contributed by atoms with van der Waals surface area (Å²) in [5, 5.41) is 0. The number of pyridine rings is 1. The molecule has 0 bridgehead atoms. The summed E-state index contributed by atoms with van der Waals surface area (Å²) in [6.07, 6.45) is 8.40. The van der Waals surface area contributed by atoms with Gasteiger partial charge < -0.3 is 5.73 Å². The molecule has 2 rings (SSSR count). The van der Waals surface area contributed by atoms with Gasteiger partial charge in [0.2, 0.25) is 0 Å². The molecule has 1 aliphatic rings. The highest BCUT2D eigenvalue weighted by Crippen LogP contribution is 2.38. The molecule has 82 valence electrons. The lowest BCUT2D eigenvalue weighted by Crippen LogP contribution is -2.21.